The summed E-state index contributed by atoms with van der Waals surface area (Å²) in [5, 5.41) is 6.80. The highest BCUT2D eigenvalue weighted by atomic mass is 32.1. The maximum atomic E-state index is 12.6. The number of hydrogen-bond donors (Lipinski definition) is 2. The van der Waals surface area contributed by atoms with Crippen molar-refractivity contribution in [3.05, 3.63) is 64.7 Å². The second-order valence-corrected chi connectivity index (χ2v) is 6.76. The molecule has 0 aliphatic rings. The molecule has 1 amide bonds. The van der Waals surface area contributed by atoms with Gasteiger partial charge in [0, 0.05) is 5.69 Å². The van der Waals surface area contributed by atoms with E-state index in [2.05, 4.69) is 22.5 Å². The lowest BCUT2D eigenvalue weighted by Gasteiger charge is -2.08. The fourth-order valence-electron chi connectivity index (χ4n) is 2.54. The van der Waals surface area contributed by atoms with Gasteiger partial charge in [0.25, 0.3) is 5.91 Å². The van der Waals surface area contributed by atoms with E-state index in [1.807, 2.05) is 55.5 Å². The number of aryl methyl sites for hydroxylation is 2. The van der Waals surface area contributed by atoms with Gasteiger partial charge in [-0.15, -0.1) is 0 Å². The number of ether oxygens (including phenoxy) is 1. The van der Waals surface area contributed by atoms with Gasteiger partial charge in [0.05, 0.1) is 18.5 Å². The fourth-order valence-corrected chi connectivity index (χ4v) is 3.41. The molecule has 2 aromatic carbocycles. The molecule has 2 N–H and O–H groups in total. The molecule has 0 saturated carbocycles. The molecule has 5 nitrogen and oxygen atoms in total. The predicted molar refractivity (Wildman–Crippen MR) is 107 cm³/mol. The minimum atomic E-state index is -0.155. The van der Waals surface area contributed by atoms with Crippen molar-refractivity contribution in [3.63, 3.8) is 0 Å². The predicted octanol–water partition coefficient (Wildman–Crippen LogP) is 5.02. The molecule has 0 unspecified atom stereocenters. The van der Waals surface area contributed by atoms with Crippen LogP contribution in [-0.2, 0) is 6.42 Å². The quantitative estimate of drug-likeness (QED) is 0.642. The van der Waals surface area contributed by atoms with Crippen LogP contribution >= 0.6 is 11.3 Å². The molecule has 0 spiro atoms. The summed E-state index contributed by atoms with van der Waals surface area (Å²) in [5.41, 5.74) is 3.51. The summed E-state index contributed by atoms with van der Waals surface area (Å²) in [7, 11) is 1.62. The van der Waals surface area contributed by atoms with E-state index in [9.17, 15) is 4.79 Å². The van der Waals surface area contributed by atoms with Crippen molar-refractivity contribution < 1.29 is 9.53 Å². The van der Waals surface area contributed by atoms with Gasteiger partial charge in [0.15, 0.2) is 5.13 Å². The number of aromatic nitrogens is 1. The first kappa shape index (κ1) is 17.9. The Bertz CT molecular complexity index is 904. The van der Waals surface area contributed by atoms with E-state index in [4.69, 9.17) is 4.74 Å². The van der Waals surface area contributed by atoms with Crippen molar-refractivity contribution in [1.29, 1.82) is 0 Å². The number of benzene rings is 2. The number of carbonyl (C=O) groups is 1. The van der Waals surface area contributed by atoms with Crippen molar-refractivity contribution in [3.8, 4) is 5.75 Å². The second kappa shape index (κ2) is 8.01. The Balaban J connectivity index is 1.75. The first-order valence-corrected chi connectivity index (χ1v) is 9.20. The molecule has 1 heterocycles. The van der Waals surface area contributed by atoms with Crippen molar-refractivity contribution in [2.24, 2.45) is 0 Å². The largest absolute Gasteiger partial charge is 0.495 e. The maximum absolute atomic E-state index is 12.6. The van der Waals surface area contributed by atoms with Gasteiger partial charge >= 0.3 is 0 Å². The van der Waals surface area contributed by atoms with Crippen LogP contribution in [0.3, 0.4) is 0 Å². The minimum Gasteiger partial charge on any atom is -0.495 e. The summed E-state index contributed by atoms with van der Waals surface area (Å²) in [5.74, 6) is 0.569. The monoisotopic (exact) mass is 367 g/mol. The maximum Gasteiger partial charge on any atom is 0.267 e. The third-order valence-corrected chi connectivity index (χ3v) is 5.04. The number of nitrogens with zero attached hydrogens (tertiary/aromatic N) is 1. The van der Waals surface area contributed by atoms with Gasteiger partial charge in [-0.05, 0) is 43.2 Å². The fraction of sp³-hybridized carbons (Fsp3) is 0.200. The van der Waals surface area contributed by atoms with E-state index in [0.29, 0.717) is 15.7 Å². The second-order valence-electron chi connectivity index (χ2n) is 5.76. The van der Waals surface area contributed by atoms with E-state index in [1.165, 1.54) is 16.9 Å². The Labute approximate surface area is 157 Å². The number of rotatable bonds is 6. The zero-order valence-corrected chi connectivity index (χ0v) is 15.8. The molecule has 26 heavy (non-hydrogen) atoms. The highest BCUT2D eigenvalue weighted by Crippen LogP contribution is 2.31. The van der Waals surface area contributed by atoms with Gasteiger partial charge in [-0.1, -0.05) is 42.5 Å². The molecule has 1 aromatic heterocycles. The van der Waals surface area contributed by atoms with Gasteiger partial charge < -0.3 is 15.4 Å². The highest BCUT2D eigenvalue weighted by molar-refractivity contribution is 7.17. The molecule has 0 bridgehead atoms. The van der Waals surface area contributed by atoms with E-state index in [-0.39, 0.29) is 5.91 Å². The van der Waals surface area contributed by atoms with Crippen LogP contribution in [0.1, 0.15) is 27.9 Å². The Hall–Kier alpha value is -2.86. The Morgan fingerprint density at radius 1 is 1.15 bits per heavy atom. The van der Waals surface area contributed by atoms with Crippen LogP contribution in [-0.4, -0.2) is 18.0 Å². The molecule has 134 valence electrons. The molecule has 0 fully saturated rings. The summed E-state index contributed by atoms with van der Waals surface area (Å²) in [6.07, 6.45) is 0.972. The summed E-state index contributed by atoms with van der Waals surface area (Å²) >= 11 is 1.32. The summed E-state index contributed by atoms with van der Waals surface area (Å²) in [4.78, 5) is 17.6. The number of hydrogen-bond acceptors (Lipinski definition) is 5. The molecule has 0 aliphatic carbocycles. The number of carbonyl (C=O) groups excluding carboxylic acids is 1. The molecule has 3 aromatic rings. The summed E-state index contributed by atoms with van der Waals surface area (Å²) in [6.45, 7) is 3.93. The lowest BCUT2D eigenvalue weighted by atomic mass is 10.1. The van der Waals surface area contributed by atoms with Gasteiger partial charge in [-0.3, -0.25) is 4.79 Å². The Kier molecular flexibility index (Phi) is 5.53. The lowest BCUT2D eigenvalue weighted by molar-refractivity contribution is 0.103. The number of anilines is 3. The summed E-state index contributed by atoms with van der Waals surface area (Å²) in [6, 6.07) is 15.5. The minimum absolute atomic E-state index is 0.155. The average Bonchev–Trinajstić information content (AvgIpc) is 3.03. The van der Waals surface area contributed by atoms with Crippen LogP contribution in [0.4, 0.5) is 16.5 Å². The topological polar surface area (TPSA) is 63.2 Å². The molecule has 0 atom stereocenters. The van der Waals surface area contributed by atoms with E-state index >= 15 is 0 Å². The highest BCUT2D eigenvalue weighted by Gasteiger charge is 2.16. The van der Waals surface area contributed by atoms with Crippen LogP contribution in [0.5, 0.6) is 5.75 Å². The van der Waals surface area contributed by atoms with E-state index in [1.54, 1.807) is 7.11 Å². The van der Waals surface area contributed by atoms with Crippen molar-refractivity contribution in [2.75, 3.05) is 17.7 Å². The Morgan fingerprint density at radius 3 is 2.58 bits per heavy atom. The van der Waals surface area contributed by atoms with E-state index in [0.717, 1.165) is 23.5 Å². The standard InChI is InChI=1S/C20H21N3O2S/c1-4-14-9-11-15(12-10-14)22-19(24)18-13(2)21-20(26-18)23-16-7-5-6-8-17(16)25-3/h5-12H,4H2,1-3H3,(H,21,23)(H,22,24). The van der Waals surface area contributed by atoms with Crippen molar-refractivity contribution in [1.82, 2.24) is 4.98 Å². The van der Waals surface area contributed by atoms with E-state index < -0.39 is 0 Å². The molecule has 0 aliphatic heterocycles. The van der Waals surface area contributed by atoms with Crippen LogP contribution < -0.4 is 15.4 Å². The number of para-hydroxylation sites is 2. The van der Waals surface area contributed by atoms with Gasteiger partial charge in [0.2, 0.25) is 0 Å². The van der Waals surface area contributed by atoms with Crippen LogP contribution in [0.2, 0.25) is 0 Å². The Morgan fingerprint density at radius 2 is 1.88 bits per heavy atom. The van der Waals surface area contributed by atoms with Crippen molar-refractivity contribution >= 4 is 33.8 Å². The van der Waals surface area contributed by atoms with Crippen LogP contribution in [0.15, 0.2) is 48.5 Å². The SMILES string of the molecule is CCc1ccc(NC(=O)c2sc(Nc3ccccc3OC)nc2C)cc1. The molecule has 6 heteroatoms. The third kappa shape index (κ3) is 4.03. The molecular formula is C20H21N3O2S. The van der Waals surface area contributed by atoms with Gasteiger partial charge in [-0.25, -0.2) is 4.98 Å². The number of thiazole rings is 1. The number of amides is 1. The zero-order chi connectivity index (χ0) is 18.5. The third-order valence-electron chi connectivity index (χ3n) is 3.97. The van der Waals surface area contributed by atoms with Crippen LogP contribution in [0, 0.1) is 6.92 Å². The number of nitrogens with one attached hydrogen (secondary N) is 2. The normalized spacial score (nSPS) is 10.4. The summed E-state index contributed by atoms with van der Waals surface area (Å²) < 4.78 is 5.33. The van der Waals surface area contributed by atoms with Crippen molar-refractivity contribution in [2.45, 2.75) is 20.3 Å². The molecule has 0 saturated heterocycles. The van der Waals surface area contributed by atoms with Gasteiger partial charge in [0.1, 0.15) is 10.6 Å². The molecule has 3 rings (SSSR count). The van der Waals surface area contributed by atoms with Crippen LogP contribution in [0.25, 0.3) is 0 Å². The first-order chi connectivity index (χ1) is 12.6. The van der Waals surface area contributed by atoms with Gasteiger partial charge in [-0.2, -0.15) is 0 Å². The first-order valence-electron chi connectivity index (χ1n) is 8.38. The molecule has 0 radical (unpaired) electrons. The molecular weight excluding hydrogens is 346 g/mol. The number of methoxy groups -OCH3 is 1. The average molecular weight is 367 g/mol. The lowest BCUT2D eigenvalue weighted by Crippen LogP contribution is -2.11. The smallest absolute Gasteiger partial charge is 0.267 e. The zero-order valence-electron chi connectivity index (χ0n) is 15.0.